The van der Waals surface area contributed by atoms with E-state index in [0.717, 1.165) is 44.3 Å². The quantitative estimate of drug-likeness (QED) is 0.416. The van der Waals surface area contributed by atoms with E-state index in [0.29, 0.717) is 12.5 Å². The third-order valence-electron chi connectivity index (χ3n) is 6.41. The summed E-state index contributed by atoms with van der Waals surface area (Å²) < 4.78 is 26.7. The van der Waals surface area contributed by atoms with Gasteiger partial charge in [-0.15, -0.1) is 0 Å². The van der Waals surface area contributed by atoms with Gasteiger partial charge in [-0.2, -0.15) is 0 Å². The molecule has 29 heavy (non-hydrogen) atoms. The normalized spacial score (nSPS) is 22.4. The zero-order valence-electron chi connectivity index (χ0n) is 17.9. The van der Waals surface area contributed by atoms with Crippen LogP contribution in [0, 0.1) is 0 Å². The van der Waals surface area contributed by atoms with Crippen molar-refractivity contribution in [3.05, 3.63) is 71.3 Å². The molecule has 0 heterocycles. The van der Waals surface area contributed by atoms with Gasteiger partial charge in [0.15, 0.2) is 0 Å². The van der Waals surface area contributed by atoms with E-state index in [4.69, 9.17) is 0 Å². The number of nitrogens with zero attached hydrogens (tertiary/aromatic N) is 1. The second-order valence-corrected chi connectivity index (χ2v) is 8.42. The molecule has 0 aromatic heterocycles. The third-order valence-corrected chi connectivity index (χ3v) is 6.41. The lowest BCUT2D eigenvalue weighted by molar-refractivity contribution is 0.0428. The molecule has 3 heteroatoms. The Bertz CT molecular complexity index is 715. The van der Waals surface area contributed by atoms with Crippen molar-refractivity contribution in [1.82, 2.24) is 4.90 Å². The molecule has 0 spiro atoms. The lowest BCUT2D eigenvalue weighted by Gasteiger charge is -2.34. The van der Waals surface area contributed by atoms with Crippen LogP contribution in [0.2, 0.25) is 0 Å². The minimum absolute atomic E-state index is 0.250. The lowest BCUT2D eigenvalue weighted by atomic mass is 9.76. The first-order valence-electron chi connectivity index (χ1n) is 11.3. The van der Waals surface area contributed by atoms with Crippen LogP contribution in [0.15, 0.2) is 54.6 Å². The molecule has 1 aliphatic carbocycles. The molecule has 3 rings (SSSR count). The summed E-state index contributed by atoms with van der Waals surface area (Å²) in [7, 11) is 0. The maximum absolute atomic E-state index is 13.6. The van der Waals surface area contributed by atoms with E-state index in [2.05, 4.69) is 61.2 Å². The first kappa shape index (κ1) is 22.0. The molecule has 2 aromatic carbocycles. The predicted octanol–water partition coefficient (Wildman–Crippen LogP) is 6.52. The molecule has 0 N–H and O–H groups in total. The van der Waals surface area contributed by atoms with E-state index < -0.39 is 12.3 Å². The van der Waals surface area contributed by atoms with E-state index in [1.54, 1.807) is 0 Å². The Kier molecular flexibility index (Phi) is 8.23. The fraction of sp³-hybridized carbons (Fsp3) is 0.538. The number of rotatable bonds is 11. The molecule has 0 amide bonds. The standard InChI is InChI=1S/C26H35F2N/c1-3-17-29(18-16-20-8-6-5-7-9-20)23(4-2)15-12-21-10-13-22(14-11-21)24-19-25(27)26(24)28/h5-11,13-14,23-26H,3-4,12,15-19H2,1-2H3. The van der Waals surface area contributed by atoms with Gasteiger partial charge in [0.2, 0.25) is 0 Å². The van der Waals surface area contributed by atoms with Crippen LogP contribution in [0.3, 0.4) is 0 Å². The van der Waals surface area contributed by atoms with Gasteiger partial charge in [0.1, 0.15) is 12.3 Å². The van der Waals surface area contributed by atoms with Gasteiger partial charge in [-0.25, -0.2) is 8.78 Å². The van der Waals surface area contributed by atoms with E-state index in [9.17, 15) is 8.78 Å². The number of halogens is 2. The summed E-state index contributed by atoms with van der Waals surface area (Å²) in [5.41, 5.74) is 3.63. The molecule has 1 fully saturated rings. The van der Waals surface area contributed by atoms with Gasteiger partial charge in [-0.1, -0.05) is 68.4 Å². The third kappa shape index (κ3) is 5.88. The Morgan fingerprint density at radius 3 is 2.17 bits per heavy atom. The van der Waals surface area contributed by atoms with E-state index in [1.165, 1.54) is 17.5 Å². The van der Waals surface area contributed by atoms with Crippen molar-refractivity contribution in [3.8, 4) is 0 Å². The zero-order valence-corrected chi connectivity index (χ0v) is 17.9. The van der Waals surface area contributed by atoms with Crippen molar-refractivity contribution in [2.45, 2.75) is 76.7 Å². The van der Waals surface area contributed by atoms with Crippen LogP contribution in [-0.4, -0.2) is 36.4 Å². The molecule has 2 aromatic rings. The largest absolute Gasteiger partial charge is 0.300 e. The Morgan fingerprint density at radius 1 is 0.897 bits per heavy atom. The van der Waals surface area contributed by atoms with Crippen molar-refractivity contribution < 1.29 is 8.78 Å². The maximum atomic E-state index is 13.6. The van der Waals surface area contributed by atoms with Crippen molar-refractivity contribution in [1.29, 1.82) is 0 Å². The van der Waals surface area contributed by atoms with Crippen LogP contribution >= 0.6 is 0 Å². The lowest BCUT2D eigenvalue weighted by Crippen LogP contribution is -2.38. The van der Waals surface area contributed by atoms with Crippen molar-refractivity contribution in [2.24, 2.45) is 0 Å². The average Bonchev–Trinajstić information content (AvgIpc) is 2.77. The molecule has 1 aliphatic rings. The van der Waals surface area contributed by atoms with Crippen molar-refractivity contribution in [3.63, 3.8) is 0 Å². The van der Waals surface area contributed by atoms with Crippen LogP contribution < -0.4 is 0 Å². The molecule has 0 bridgehead atoms. The Labute approximate surface area is 175 Å². The Balaban J connectivity index is 1.53. The molecule has 4 atom stereocenters. The van der Waals surface area contributed by atoms with E-state index in [1.807, 2.05) is 12.1 Å². The molecule has 1 nitrogen and oxygen atoms in total. The maximum Gasteiger partial charge on any atom is 0.138 e. The number of hydrogen-bond acceptors (Lipinski definition) is 1. The minimum atomic E-state index is -1.32. The number of benzene rings is 2. The highest BCUT2D eigenvalue weighted by Gasteiger charge is 2.42. The van der Waals surface area contributed by atoms with Crippen LogP contribution in [0.5, 0.6) is 0 Å². The van der Waals surface area contributed by atoms with Gasteiger partial charge in [-0.05, 0) is 61.8 Å². The first-order chi connectivity index (χ1) is 14.1. The van der Waals surface area contributed by atoms with Gasteiger partial charge in [-0.3, -0.25) is 0 Å². The van der Waals surface area contributed by atoms with Crippen molar-refractivity contribution >= 4 is 0 Å². The summed E-state index contributed by atoms with van der Waals surface area (Å²) in [6.07, 6.45) is 3.30. The fourth-order valence-corrected chi connectivity index (χ4v) is 4.47. The molecular weight excluding hydrogens is 364 g/mol. The SMILES string of the molecule is CCCN(CCc1ccccc1)C(CC)CCc1ccc(C2CC(F)C2F)cc1. The fourth-order valence-electron chi connectivity index (χ4n) is 4.47. The highest BCUT2D eigenvalue weighted by Crippen LogP contribution is 2.41. The van der Waals surface area contributed by atoms with Gasteiger partial charge in [0.05, 0.1) is 0 Å². The van der Waals surface area contributed by atoms with Crippen LogP contribution in [0.4, 0.5) is 8.78 Å². The Hall–Kier alpha value is -1.74. The van der Waals surface area contributed by atoms with Gasteiger partial charge < -0.3 is 4.90 Å². The Morgan fingerprint density at radius 2 is 1.59 bits per heavy atom. The van der Waals surface area contributed by atoms with Crippen LogP contribution in [0.25, 0.3) is 0 Å². The highest BCUT2D eigenvalue weighted by atomic mass is 19.2. The van der Waals surface area contributed by atoms with E-state index in [-0.39, 0.29) is 5.92 Å². The summed E-state index contributed by atoms with van der Waals surface area (Å²) in [5.74, 6) is -0.250. The van der Waals surface area contributed by atoms with Gasteiger partial charge in [0.25, 0.3) is 0 Å². The number of hydrogen-bond donors (Lipinski definition) is 0. The summed E-state index contributed by atoms with van der Waals surface area (Å²) >= 11 is 0. The topological polar surface area (TPSA) is 3.24 Å². The zero-order chi connectivity index (χ0) is 20.6. The summed E-state index contributed by atoms with van der Waals surface area (Å²) in [6.45, 7) is 6.76. The summed E-state index contributed by atoms with van der Waals surface area (Å²) in [6, 6.07) is 19.5. The average molecular weight is 400 g/mol. The molecule has 158 valence electrons. The molecule has 0 saturated heterocycles. The van der Waals surface area contributed by atoms with Gasteiger partial charge in [0, 0.05) is 18.5 Å². The van der Waals surface area contributed by atoms with Crippen LogP contribution in [-0.2, 0) is 12.8 Å². The van der Waals surface area contributed by atoms with E-state index >= 15 is 0 Å². The first-order valence-corrected chi connectivity index (χ1v) is 11.3. The molecule has 1 saturated carbocycles. The second kappa shape index (κ2) is 10.9. The molecule has 0 radical (unpaired) electrons. The molecular formula is C26H35F2N. The smallest absolute Gasteiger partial charge is 0.138 e. The minimum Gasteiger partial charge on any atom is -0.300 e. The monoisotopic (exact) mass is 399 g/mol. The highest BCUT2D eigenvalue weighted by molar-refractivity contribution is 5.29. The van der Waals surface area contributed by atoms with Crippen LogP contribution in [0.1, 0.15) is 62.1 Å². The van der Waals surface area contributed by atoms with Gasteiger partial charge >= 0.3 is 0 Å². The predicted molar refractivity (Wildman–Crippen MR) is 118 cm³/mol. The number of alkyl halides is 2. The number of aryl methyl sites for hydroxylation is 1. The summed E-state index contributed by atoms with van der Waals surface area (Å²) in [5, 5.41) is 0. The van der Waals surface area contributed by atoms with Crippen molar-refractivity contribution in [2.75, 3.05) is 13.1 Å². The molecule has 0 aliphatic heterocycles. The molecule has 4 unspecified atom stereocenters. The second-order valence-electron chi connectivity index (χ2n) is 8.42. The summed E-state index contributed by atoms with van der Waals surface area (Å²) in [4.78, 5) is 2.64.